The van der Waals surface area contributed by atoms with Crippen LogP contribution in [-0.4, -0.2) is 9.97 Å². The summed E-state index contributed by atoms with van der Waals surface area (Å²) >= 11 is 7.23. The summed E-state index contributed by atoms with van der Waals surface area (Å²) in [6.45, 7) is 0. The Morgan fingerprint density at radius 3 is 2.82 bits per heavy atom. The topological polar surface area (TPSA) is 31.6 Å². The van der Waals surface area contributed by atoms with Crippen LogP contribution in [0.3, 0.4) is 0 Å². The molecule has 2 N–H and O–H groups in total. The summed E-state index contributed by atoms with van der Waals surface area (Å²) in [6, 6.07) is 6.05. The number of hydrogen-bond acceptors (Lipinski definition) is 1. The zero-order valence-corrected chi connectivity index (χ0v) is 8.49. The van der Waals surface area contributed by atoms with Crippen molar-refractivity contribution in [1.29, 1.82) is 0 Å². The van der Waals surface area contributed by atoms with Crippen LogP contribution < -0.4 is 0 Å². The predicted molar refractivity (Wildman–Crippen MR) is 56.2 cm³/mol. The van der Waals surface area contributed by atoms with Crippen LogP contribution in [0.25, 0.3) is 11.0 Å². The van der Waals surface area contributed by atoms with Gasteiger partial charge in [0.1, 0.15) is 0 Å². The molecule has 1 aromatic heterocycles. The summed E-state index contributed by atoms with van der Waals surface area (Å²) in [7, 11) is 0. The molecule has 56 valence electrons. The minimum Gasteiger partial charge on any atom is -0.331 e. The molecule has 1 aromatic carbocycles. The van der Waals surface area contributed by atoms with Crippen LogP contribution in [-0.2, 0) is 0 Å². The molecule has 11 heavy (non-hydrogen) atoms. The summed E-state index contributed by atoms with van der Waals surface area (Å²) in [6.07, 6.45) is 0. The minimum atomic E-state index is 0.684. The van der Waals surface area contributed by atoms with Gasteiger partial charge in [-0.1, -0.05) is 6.07 Å². The molecule has 0 fully saturated rings. The van der Waals surface area contributed by atoms with Crippen molar-refractivity contribution in [2.24, 2.45) is 0 Å². The zero-order valence-electron chi connectivity index (χ0n) is 5.52. The van der Waals surface area contributed by atoms with E-state index in [9.17, 15) is 0 Å². The number of benzene rings is 1. The van der Waals surface area contributed by atoms with Crippen molar-refractivity contribution in [2.75, 3.05) is 0 Å². The monoisotopic (exact) mass is 276 g/mol. The van der Waals surface area contributed by atoms with Crippen LogP contribution in [0, 0.1) is 8.34 Å². The summed E-state index contributed by atoms with van der Waals surface area (Å²) in [5.74, 6) is 0. The van der Waals surface area contributed by atoms with E-state index in [0.29, 0.717) is 4.77 Å². The Hall–Kier alpha value is -0.360. The van der Waals surface area contributed by atoms with Crippen LogP contribution in [0.4, 0.5) is 0 Å². The maximum absolute atomic E-state index is 4.96. The second-order valence-corrected chi connectivity index (χ2v) is 3.81. The Bertz CT molecular complexity index is 443. The van der Waals surface area contributed by atoms with E-state index in [2.05, 4.69) is 32.6 Å². The molecule has 0 aliphatic heterocycles. The molecule has 0 bridgehead atoms. The molecule has 1 heterocycles. The Balaban J connectivity index is 3.01. The summed E-state index contributed by atoms with van der Waals surface area (Å²) in [5, 5.41) is 0. The van der Waals surface area contributed by atoms with Crippen molar-refractivity contribution in [3.63, 3.8) is 0 Å². The lowest BCUT2D eigenvalue weighted by molar-refractivity contribution is 1.30. The Morgan fingerprint density at radius 1 is 1.27 bits per heavy atom. The van der Waals surface area contributed by atoms with Gasteiger partial charge in [-0.3, -0.25) is 0 Å². The highest BCUT2D eigenvalue weighted by Gasteiger charge is 1.97. The number of aromatic amines is 2. The molecule has 2 nitrogen and oxygen atoms in total. The standard InChI is InChI=1S/C7H5IN2S/c8-4-2-1-3-5-6(4)10-7(11)9-5/h1-3H,(H2,9,10,11). The van der Waals surface area contributed by atoms with Gasteiger partial charge >= 0.3 is 0 Å². The fourth-order valence-corrected chi connectivity index (χ4v) is 1.87. The second kappa shape index (κ2) is 2.60. The average Bonchev–Trinajstić information content (AvgIpc) is 2.31. The van der Waals surface area contributed by atoms with Crippen LogP contribution in [0.1, 0.15) is 0 Å². The number of rotatable bonds is 0. The van der Waals surface area contributed by atoms with E-state index < -0.39 is 0 Å². The van der Waals surface area contributed by atoms with E-state index in [-0.39, 0.29) is 0 Å². The number of hydrogen-bond donors (Lipinski definition) is 2. The molecule has 0 atom stereocenters. The van der Waals surface area contributed by atoms with Crippen LogP contribution >= 0.6 is 34.8 Å². The quantitative estimate of drug-likeness (QED) is 0.562. The maximum Gasteiger partial charge on any atom is 0.175 e. The maximum atomic E-state index is 4.96. The third kappa shape index (κ3) is 1.20. The van der Waals surface area contributed by atoms with Crippen molar-refractivity contribution in [3.05, 3.63) is 26.5 Å². The molecule has 0 amide bonds. The number of para-hydroxylation sites is 1. The minimum absolute atomic E-state index is 0.684. The molecule has 0 radical (unpaired) electrons. The van der Waals surface area contributed by atoms with Gasteiger partial charge in [0, 0.05) is 3.57 Å². The number of aromatic nitrogens is 2. The van der Waals surface area contributed by atoms with Crippen molar-refractivity contribution < 1.29 is 0 Å². The Morgan fingerprint density at radius 2 is 2.09 bits per heavy atom. The second-order valence-electron chi connectivity index (χ2n) is 2.24. The molecule has 2 rings (SSSR count). The van der Waals surface area contributed by atoms with Crippen molar-refractivity contribution in [1.82, 2.24) is 9.97 Å². The van der Waals surface area contributed by atoms with Crippen LogP contribution in [0.15, 0.2) is 18.2 Å². The Kier molecular flexibility index (Phi) is 1.72. The van der Waals surface area contributed by atoms with Crippen molar-refractivity contribution in [3.8, 4) is 0 Å². The number of imidazole rings is 1. The highest BCUT2D eigenvalue weighted by atomic mass is 127. The molecule has 4 heteroatoms. The fraction of sp³-hybridized carbons (Fsp3) is 0. The molecular formula is C7H5IN2S. The van der Waals surface area contributed by atoms with Gasteiger partial charge in [-0.15, -0.1) is 0 Å². The lowest BCUT2D eigenvalue weighted by Gasteiger charge is -1.89. The van der Waals surface area contributed by atoms with E-state index in [0.717, 1.165) is 11.0 Å². The normalized spacial score (nSPS) is 10.6. The first kappa shape index (κ1) is 7.30. The lowest BCUT2D eigenvalue weighted by Crippen LogP contribution is -1.72. The SMILES string of the molecule is S=c1[nH]c2cccc(I)c2[nH]1. The third-order valence-corrected chi connectivity index (χ3v) is 2.60. The number of H-pyrrole nitrogens is 2. The molecule has 0 spiro atoms. The highest BCUT2D eigenvalue weighted by molar-refractivity contribution is 14.1. The molecule has 0 aliphatic carbocycles. The van der Waals surface area contributed by atoms with Gasteiger partial charge in [-0.2, -0.15) is 0 Å². The Labute approximate surface area is 82.2 Å². The smallest absolute Gasteiger partial charge is 0.175 e. The van der Waals surface area contributed by atoms with Gasteiger partial charge in [0.25, 0.3) is 0 Å². The zero-order chi connectivity index (χ0) is 7.84. The first-order valence-corrected chi connectivity index (χ1v) is 4.62. The average molecular weight is 276 g/mol. The van der Waals surface area contributed by atoms with Gasteiger partial charge in [0.2, 0.25) is 0 Å². The first-order valence-electron chi connectivity index (χ1n) is 3.14. The number of fused-ring (bicyclic) bond motifs is 1. The van der Waals surface area contributed by atoms with Crippen molar-refractivity contribution >= 4 is 45.8 Å². The molecular weight excluding hydrogens is 271 g/mol. The molecule has 0 aliphatic rings. The van der Waals surface area contributed by atoms with Gasteiger partial charge < -0.3 is 9.97 Å². The third-order valence-electron chi connectivity index (χ3n) is 1.50. The highest BCUT2D eigenvalue weighted by Crippen LogP contribution is 2.16. The van der Waals surface area contributed by atoms with Gasteiger partial charge in [-0.05, 0) is 46.9 Å². The predicted octanol–water partition coefficient (Wildman–Crippen LogP) is 2.83. The fourth-order valence-electron chi connectivity index (χ4n) is 1.02. The first-order chi connectivity index (χ1) is 5.27. The van der Waals surface area contributed by atoms with Crippen molar-refractivity contribution in [2.45, 2.75) is 0 Å². The van der Waals surface area contributed by atoms with E-state index in [1.54, 1.807) is 0 Å². The largest absolute Gasteiger partial charge is 0.331 e. The summed E-state index contributed by atoms with van der Waals surface area (Å²) in [4.78, 5) is 6.13. The van der Waals surface area contributed by atoms with E-state index in [1.807, 2.05) is 18.2 Å². The van der Waals surface area contributed by atoms with Gasteiger partial charge in [0.05, 0.1) is 11.0 Å². The number of nitrogens with one attached hydrogen (secondary N) is 2. The summed E-state index contributed by atoms with van der Waals surface area (Å²) < 4.78 is 1.87. The summed E-state index contributed by atoms with van der Waals surface area (Å²) in [5.41, 5.74) is 2.17. The van der Waals surface area contributed by atoms with Gasteiger partial charge in [-0.25, -0.2) is 0 Å². The van der Waals surface area contributed by atoms with E-state index in [1.165, 1.54) is 3.57 Å². The van der Waals surface area contributed by atoms with Gasteiger partial charge in [0.15, 0.2) is 4.77 Å². The number of halogens is 1. The van der Waals surface area contributed by atoms with Crippen LogP contribution in [0.2, 0.25) is 0 Å². The molecule has 2 aromatic rings. The van der Waals surface area contributed by atoms with Crippen LogP contribution in [0.5, 0.6) is 0 Å². The lowest BCUT2D eigenvalue weighted by atomic mass is 10.3. The molecule has 0 saturated carbocycles. The van der Waals surface area contributed by atoms with E-state index in [4.69, 9.17) is 12.2 Å². The molecule has 0 unspecified atom stereocenters. The molecule has 0 saturated heterocycles. The van der Waals surface area contributed by atoms with E-state index >= 15 is 0 Å².